The van der Waals surface area contributed by atoms with E-state index in [2.05, 4.69) is 13.2 Å². The van der Waals surface area contributed by atoms with Gasteiger partial charge in [0, 0.05) is 18.6 Å². The summed E-state index contributed by atoms with van der Waals surface area (Å²) in [5.74, 6) is -2.76. The Hall–Kier alpha value is -2.19. The number of aliphatic hydroxyl groups is 1. The fourth-order valence-electron chi connectivity index (χ4n) is 5.61. The maximum Gasteiger partial charge on any atom is 0.313 e. The van der Waals surface area contributed by atoms with Gasteiger partial charge in [0.25, 0.3) is 0 Å². The third-order valence-electron chi connectivity index (χ3n) is 6.84. The number of ether oxygens (including phenoxy) is 2. The van der Waals surface area contributed by atoms with Crippen LogP contribution in [0.5, 0.6) is 0 Å². The van der Waals surface area contributed by atoms with E-state index in [0.717, 1.165) is 0 Å². The number of carbonyl (C=O) groups excluding carboxylic acids is 3. The van der Waals surface area contributed by atoms with Crippen molar-refractivity contribution in [3.63, 3.8) is 0 Å². The minimum atomic E-state index is -1.12. The number of amides is 2. The Bertz CT molecular complexity index is 789. The molecule has 31 heavy (non-hydrogen) atoms. The van der Waals surface area contributed by atoms with Crippen molar-refractivity contribution in [2.75, 3.05) is 26.3 Å². The van der Waals surface area contributed by atoms with E-state index in [1.54, 1.807) is 11.0 Å². The number of β-amino-alcohol motifs (C(OH)–C–C–N with tert-alkyl or cyclic N) is 1. The van der Waals surface area contributed by atoms with Crippen LogP contribution in [-0.4, -0.2) is 81.8 Å². The van der Waals surface area contributed by atoms with Gasteiger partial charge in [-0.2, -0.15) is 0 Å². The molecule has 3 heterocycles. The lowest BCUT2D eigenvalue weighted by Crippen LogP contribution is -2.60. The molecule has 0 aromatic carbocycles. The van der Waals surface area contributed by atoms with Crippen molar-refractivity contribution in [1.29, 1.82) is 0 Å². The highest BCUT2D eigenvalue weighted by atomic mass is 16.6. The van der Waals surface area contributed by atoms with E-state index in [1.807, 2.05) is 27.7 Å². The predicted octanol–water partition coefficient (Wildman–Crippen LogP) is 1.29. The normalized spacial score (nSPS) is 33.9. The maximum absolute atomic E-state index is 13.9. The number of nitrogens with zero attached hydrogens (tertiary/aromatic N) is 2. The number of aliphatic hydroxyl groups excluding tert-OH is 1. The molecule has 2 unspecified atom stereocenters. The number of fused-ring (bicyclic) bond motifs is 1. The second-order valence-corrected chi connectivity index (χ2v) is 9.81. The molecule has 3 aliphatic heterocycles. The summed E-state index contributed by atoms with van der Waals surface area (Å²) in [5.41, 5.74) is -2.52. The van der Waals surface area contributed by atoms with Gasteiger partial charge in [-0.25, -0.2) is 0 Å². The molecule has 3 rings (SSSR count). The first-order chi connectivity index (χ1) is 14.5. The van der Waals surface area contributed by atoms with Crippen molar-refractivity contribution in [2.45, 2.75) is 63.3 Å². The number of carbonyl (C=O) groups is 3. The molecule has 8 heteroatoms. The van der Waals surface area contributed by atoms with Crippen molar-refractivity contribution in [2.24, 2.45) is 11.8 Å². The summed E-state index contributed by atoms with van der Waals surface area (Å²) in [6, 6.07) is -0.921. The average molecular weight is 435 g/mol. The summed E-state index contributed by atoms with van der Waals surface area (Å²) in [7, 11) is 0. The predicted molar refractivity (Wildman–Crippen MR) is 114 cm³/mol. The lowest BCUT2D eigenvalue weighted by atomic mass is 9.66. The van der Waals surface area contributed by atoms with Gasteiger partial charge in [0.2, 0.25) is 11.8 Å². The van der Waals surface area contributed by atoms with Crippen LogP contribution in [0.3, 0.4) is 0 Å². The smallest absolute Gasteiger partial charge is 0.313 e. The van der Waals surface area contributed by atoms with Crippen molar-refractivity contribution in [3.05, 3.63) is 25.3 Å². The lowest BCUT2D eigenvalue weighted by Gasteiger charge is -2.41. The van der Waals surface area contributed by atoms with E-state index in [4.69, 9.17) is 9.47 Å². The maximum atomic E-state index is 13.9. The molecule has 0 radical (unpaired) electrons. The van der Waals surface area contributed by atoms with Crippen LogP contribution in [0.4, 0.5) is 0 Å². The molecular weight excluding hydrogens is 400 g/mol. The largest absolute Gasteiger partial charge is 0.461 e. The molecule has 3 saturated heterocycles. The molecule has 3 aliphatic rings. The quantitative estimate of drug-likeness (QED) is 0.457. The molecule has 0 aliphatic carbocycles. The third-order valence-corrected chi connectivity index (χ3v) is 6.84. The lowest BCUT2D eigenvalue weighted by molar-refractivity contribution is -0.160. The number of likely N-dealkylation sites (tertiary alicyclic amines) is 1. The Morgan fingerprint density at radius 1 is 1.32 bits per heavy atom. The minimum Gasteiger partial charge on any atom is -0.461 e. The molecule has 2 bridgehead atoms. The van der Waals surface area contributed by atoms with Crippen LogP contribution in [0.1, 0.15) is 40.5 Å². The van der Waals surface area contributed by atoms with E-state index in [9.17, 15) is 19.5 Å². The molecule has 3 fully saturated rings. The zero-order chi connectivity index (χ0) is 23.2. The van der Waals surface area contributed by atoms with E-state index in [1.165, 1.54) is 11.0 Å². The summed E-state index contributed by atoms with van der Waals surface area (Å²) < 4.78 is 11.8. The summed E-state index contributed by atoms with van der Waals surface area (Å²) >= 11 is 0. The van der Waals surface area contributed by atoms with Crippen molar-refractivity contribution in [3.8, 4) is 0 Å². The van der Waals surface area contributed by atoms with E-state index >= 15 is 0 Å². The second-order valence-electron chi connectivity index (χ2n) is 9.81. The topological polar surface area (TPSA) is 96.4 Å². The van der Waals surface area contributed by atoms with Gasteiger partial charge < -0.3 is 24.4 Å². The Morgan fingerprint density at radius 2 is 2.00 bits per heavy atom. The van der Waals surface area contributed by atoms with Gasteiger partial charge in [-0.05, 0) is 40.5 Å². The fraction of sp³-hybridized carbons (Fsp3) is 0.696. The first kappa shape index (κ1) is 23.5. The van der Waals surface area contributed by atoms with Gasteiger partial charge in [-0.1, -0.05) is 18.7 Å². The van der Waals surface area contributed by atoms with Crippen molar-refractivity contribution >= 4 is 17.8 Å². The molecule has 8 nitrogen and oxygen atoms in total. The fourth-order valence-corrected chi connectivity index (χ4v) is 5.61. The molecule has 1 N–H and O–H groups in total. The Morgan fingerprint density at radius 3 is 2.55 bits per heavy atom. The van der Waals surface area contributed by atoms with Crippen molar-refractivity contribution < 1.29 is 29.0 Å². The van der Waals surface area contributed by atoms with Gasteiger partial charge in [-0.3, -0.25) is 14.4 Å². The number of hydrogen-bond donors (Lipinski definition) is 1. The first-order valence-electron chi connectivity index (χ1n) is 10.8. The molecule has 0 saturated carbocycles. The van der Waals surface area contributed by atoms with Gasteiger partial charge in [0.15, 0.2) is 0 Å². The summed E-state index contributed by atoms with van der Waals surface area (Å²) in [4.78, 5) is 43.4. The highest BCUT2D eigenvalue weighted by Crippen LogP contribution is 2.63. The van der Waals surface area contributed by atoms with Crippen LogP contribution in [0, 0.1) is 11.8 Å². The van der Waals surface area contributed by atoms with E-state index in [0.29, 0.717) is 19.4 Å². The van der Waals surface area contributed by atoms with E-state index < -0.39 is 40.6 Å². The molecule has 0 aromatic rings. The number of rotatable bonds is 8. The number of esters is 1. The molecular formula is C23H34N2O6. The van der Waals surface area contributed by atoms with Gasteiger partial charge in [0.1, 0.15) is 24.2 Å². The highest BCUT2D eigenvalue weighted by molar-refractivity contribution is 5.98. The SMILES string of the molecule is C=CCOC(=O)[C@@H]1[C@H]2C(=O)N(CCO)C(C(=O)N(CC=C)C(C)(C)C)C23CC[C@@]1(C)O3. The van der Waals surface area contributed by atoms with Crippen molar-refractivity contribution in [1.82, 2.24) is 9.80 Å². The van der Waals surface area contributed by atoms with Crippen LogP contribution >= 0.6 is 0 Å². The van der Waals surface area contributed by atoms with Crippen LogP contribution < -0.4 is 0 Å². The Kier molecular flexibility index (Phi) is 6.10. The average Bonchev–Trinajstić information content (AvgIpc) is 3.24. The zero-order valence-electron chi connectivity index (χ0n) is 18.9. The van der Waals surface area contributed by atoms with Crippen LogP contribution in [-0.2, 0) is 23.9 Å². The Labute approximate surface area is 183 Å². The molecule has 5 atom stereocenters. The molecule has 2 amide bonds. The summed E-state index contributed by atoms with van der Waals surface area (Å²) in [6.45, 7) is 14.9. The number of hydrogen-bond acceptors (Lipinski definition) is 6. The summed E-state index contributed by atoms with van der Waals surface area (Å²) in [6.07, 6.45) is 4.14. The standard InChI is InChI=1S/C23H34N2O6/c1-7-11-25(21(3,4)5)19(28)17-23-10-9-22(6,31-23)16(20(29)30-14-8-2)15(23)18(27)24(17)12-13-26/h7-8,15-17,26H,1-2,9-14H2,3-6H3/t15-,16-,17?,22+,23?/m0/s1. The molecule has 172 valence electrons. The monoisotopic (exact) mass is 434 g/mol. The summed E-state index contributed by atoms with van der Waals surface area (Å²) in [5, 5.41) is 9.64. The van der Waals surface area contributed by atoms with E-state index in [-0.39, 0.29) is 31.6 Å². The zero-order valence-corrected chi connectivity index (χ0v) is 18.9. The molecule has 0 aromatic heterocycles. The highest BCUT2D eigenvalue weighted by Gasteiger charge is 2.78. The molecule has 1 spiro atoms. The first-order valence-corrected chi connectivity index (χ1v) is 10.8. The van der Waals surface area contributed by atoms with Crippen LogP contribution in [0.2, 0.25) is 0 Å². The Balaban J connectivity index is 2.07. The van der Waals surface area contributed by atoms with Crippen LogP contribution in [0.25, 0.3) is 0 Å². The third kappa shape index (κ3) is 3.49. The van der Waals surface area contributed by atoms with Crippen LogP contribution in [0.15, 0.2) is 25.3 Å². The van der Waals surface area contributed by atoms with Gasteiger partial charge in [-0.15, -0.1) is 6.58 Å². The second kappa shape index (κ2) is 8.06. The van der Waals surface area contributed by atoms with Gasteiger partial charge in [0.05, 0.1) is 18.1 Å². The minimum absolute atomic E-state index is 0.00589. The van der Waals surface area contributed by atoms with Gasteiger partial charge >= 0.3 is 5.97 Å².